The minimum Gasteiger partial charge on any atom is -0.478 e. The summed E-state index contributed by atoms with van der Waals surface area (Å²) in [5.74, 6) is -2.04. The third-order valence-corrected chi connectivity index (χ3v) is 3.96. The van der Waals surface area contributed by atoms with Crippen molar-refractivity contribution in [2.75, 3.05) is 0 Å². The summed E-state index contributed by atoms with van der Waals surface area (Å²) < 4.78 is 13.6. The van der Waals surface area contributed by atoms with E-state index < -0.39 is 11.8 Å². The summed E-state index contributed by atoms with van der Waals surface area (Å²) >= 11 is 1.10. The van der Waals surface area contributed by atoms with Gasteiger partial charge in [0.1, 0.15) is 11.4 Å². The number of aryl methyl sites for hydroxylation is 1. The number of rotatable bonds is 3. The van der Waals surface area contributed by atoms with Gasteiger partial charge in [-0.3, -0.25) is 0 Å². The largest absolute Gasteiger partial charge is 0.478 e. The summed E-state index contributed by atoms with van der Waals surface area (Å²) in [4.78, 5) is 19.0. The van der Waals surface area contributed by atoms with Crippen LogP contribution in [0.15, 0.2) is 46.5 Å². The molecule has 0 aliphatic heterocycles. The second-order valence-corrected chi connectivity index (χ2v) is 5.61. The maximum atomic E-state index is 13.6. The van der Waals surface area contributed by atoms with E-state index >= 15 is 0 Å². The van der Waals surface area contributed by atoms with Gasteiger partial charge in [0.2, 0.25) is 0 Å². The van der Waals surface area contributed by atoms with Crippen LogP contribution >= 0.6 is 11.8 Å². The minimum absolute atomic E-state index is 0.318. The van der Waals surface area contributed by atoms with Crippen molar-refractivity contribution in [2.24, 2.45) is 0 Å². The lowest BCUT2D eigenvalue weighted by molar-refractivity contribution is 0.0688. The van der Waals surface area contributed by atoms with Crippen molar-refractivity contribution in [1.29, 1.82) is 0 Å². The first-order valence-electron chi connectivity index (χ1n) is 6.20. The van der Waals surface area contributed by atoms with Gasteiger partial charge in [0.05, 0.1) is 11.0 Å². The van der Waals surface area contributed by atoms with E-state index in [9.17, 15) is 9.18 Å². The SMILES string of the molecule is Cc1ccc2nc(Sc3cccc(F)c3C(=O)O)[nH]c2c1. The van der Waals surface area contributed by atoms with Crippen LogP contribution in [0.5, 0.6) is 0 Å². The van der Waals surface area contributed by atoms with Crippen LogP contribution in [0.3, 0.4) is 0 Å². The van der Waals surface area contributed by atoms with Gasteiger partial charge >= 0.3 is 5.97 Å². The van der Waals surface area contributed by atoms with Crippen LogP contribution in [0.1, 0.15) is 15.9 Å². The average Bonchev–Trinajstić information content (AvgIpc) is 2.79. The molecule has 0 atom stereocenters. The molecule has 0 aliphatic rings. The molecule has 0 spiro atoms. The second-order valence-electron chi connectivity index (χ2n) is 4.58. The highest BCUT2D eigenvalue weighted by Crippen LogP contribution is 2.31. The lowest BCUT2D eigenvalue weighted by Gasteiger charge is -2.04. The van der Waals surface area contributed by atoms with Gasteiger partial charge in [-0.15, -0.1) is 0 Å². The molecule has 0 fully saturated rings. The molecule has 21 heavy (non-hydrogen) atoms. The van der Waals surface area contributed by atoms with Crippen molar-refractivity contribution in [1.82, 2.24) is 9.97 Å². The number of nitrogens with zero attached hydrogens (tertiary/aromatic N) is 1. The fourth-order valence-electron chi connectivity index (χ4n) is 2.05. The number of halogens is 1. The first-order chi connectivity index (χ1) is 10.0. The van der Waals surface area contributed by atoms with Crippen LogP contribution in [-0.4, -0.2) is 21.0 Å². The van der Waals surface area contributed by atoms with Gasteiger partial charge in [-0.25, -0.2) is 14.2 Å². The smallest absolute Gasteiger partial charge is 0.339 e. The number of imidazole rings is 1. The van der Waals surface area contributed by atoms with Crippen molar-refractivity contribution in [3.05, 3.63) is 53.3 Å². The van der Waals surface area contributed by atoms with Crippen LogP contribution in [0.25, 0.3) is 11.0 Å². The molecule has 0 unspecified atom stereocenters. The number of hydrogen-bond donors (Lipinski definition) is 2. The van der Waals surface area contributed by atoms with E-state index in [4.69, 9.17) is 5.11 Å². The number of H-pyrrole nitrogens is 1. The van der Waals surface area contributed by atoms with Crippen molar-refractivity contribution >= 4 is 28.8 Å². The lowest BCUT2D eigenvalue weighted by atomic mass is 10.2. The number of carbonyl (C=O) groups is 1. The number of fused-ring (bicyclic) bond motifs is 1. The topological polar surface area (TPSA) is 66.0 Å². The van der Waals surface area contributed by atoms with Gasteiger partial charge < -0.3 is 10.1 Å². The van der Waals surface area contributed by atoms with E-state index in [1.165, 1.54) is 6.07 Å². The van der Waals surface area contributed by atoms with E-state index in [0.717, 1.165) is 34.4 Å². The zero-order chi connectivity index (χ0) is 15.0. The van der Waals surface area contributed by atoms with E-state index in [2.05, 4.69) is 9.97 Å². The van der Waals surface area contributed by atoms with E-state index in [1.807, 2.05) is 25.1 Å². The molecule has 106 valence electrons. The quantitative estimate of drug-likeness (QED) is 0.771. The van der Waals surface area contributed by atoms with Gasteiger partial charge in [0.25, 0.3) is 0 Å². The number of aromatic amines is 1. The highest BCUT2D eigenvalue weighted by molar-refractivity contribution is 7.99. The first-order valence-corrected chi connectivity index (χ1v) is 7.02. The standard InChI is InChI=1S/C15H11FN2O2S/c1-8-5-6-10-11(7-8)18-15(17-10)21-12-4-2-3-9(16)13(12)14(19)20/h2-7H,1H3,(H,17,18)(H,19,20). The van der Waals surface area contributed by atoms with Crippen LogP contribution in [0.4, 0.5) is 4.39 Å². The molecule has 2 N–H and O–H groups in total. The molecular formula is C15H11FN2O2S. The zero-order valence-corrected chi connectivity index (χ0v) is 11.9. The minimum atomic E-state index is -1.29. The van der Waals surface area contributed by atoms with E-state index in [1.54, 1.807) is 6.07 Å². The Hall–Kier alpha value is -2.34. The molecular weight excluding hydrogens is 291 g/mol. The Balaban J connectivity index is 2.02. The predicted octanol–water partition coefficient (Wildman–Crippen LogP) is 3.86. The molecule has 1 heterocycles. The van der Waals surface area contributed by atoms with Gasteiger partial charge in [0, 0.05) is 4.90 Å². The van der Waals surface area contributed by atoms with E-state index in [0.29, 0.717) is 10.1 Å². The number of aromatic carboxylic acids is 1. The third kappa shape index (κ3) is 2.62. The number of nitrogens with one attached hydrogen (secondary N) is 1. The number of carboxylic acid groups (broad SMARTS) is 1. The van der Waals surface area contributed by atoms with Gasteiger partial charge in [-0.1, -0.05) is 23.9 Å². The Morgan fingerprint density at radius 2 is 2.14 bits per heavy atom. The highest BCUT2D eigenvalue weighted by Gasteiger charge is 2.17. The molecule has 0 bridgehead atoms. The summed E-state index contributed by atoms with van der Waals surface area (Å²) in [7, 11) is 0. The molecule has 0 amide bonds. The van der Waals surface area contributed by atoms with Crippen LogP contribution < -0.4 is 0 Å². The Morgan fingerprint density at radius 1 is 1.33 bits per heavy atom. The molecule has 3 aromatic rings. The summed E-state index contributed by atoms with van der Waals surface area (Å²) in [6.07, 6.45) is 0. The van der Waals surface area contributed by atoms with Crippen molar-refractivity contribution in [3.8, 4) is 0 Å². The third-order valence-electron chi connectivity index (χ3n) is 3.01. The van der Waals surface area contributed by atoms with E-state index in [-0.39, 0.29) is 5.56 Å². The number of hydrogen-bond acceptors (Lipinski definition) is 3. The number of carboxylic acids is 1. The van der Waals surface area contributed by atoms with Gasteiger partial charge in [-0.2, -0.15) is 0 Å². The molecule has 1 aromatic heterocycles. The van der Waals surface area contributed by atoms with Crippen LogP contribution in [-0.2, 0) is 0 Å². The Bertz CT molecular complexity index is 845. The molecule has 4 nitrogen and oxygen atoms in total. The Kier molecular flexibility index (Phi) is 3.39. The zero-order valence-electron chi connectivity index (χ0n) is 11.1. The summed E-state index contributed by atoms with van der Waals surface area (Å²) in [5, 5.41) is 9.65. The Labute approximate surface area is 124 Å². The van der Waals surface area contributed by atoms with Gasteiger partial charge in [-0.05, 0) is 36.8 Å². The predicted molar refractivity (Wildman–Crippen MR) is 78.3 cm³/mol. The van der Waals surface area contributed by atoms with Crippen molar-refractivity contribution < 1.29 is 14.3 Å². The molecule has 0 saturated carbocycles. The molecule has 2 aromatic carbocycles. The molecule has 0 saturated heterocycles. The van der Waals surface area contributed by atoms with Crippen LogP contribution in [0.2, 0.25) is 0 Å². The maximum absolute atomic E-state index is 13.6. The highest BCUT2D eigenvalue weighted by atomic mass is 32.2. The summed E-state index contributed by atoms with van der Waals surface area (Å²) in [6, 6.07) is 9.97. The fourth-order valence-corrected chi connectivity index (χ4v) is 3.00. The number of aromatic nitrogens is 2. The average molecular weight is 302 g/mol. The van der Waals surface area contributed by atoms with Crippen molar-refractivity contribution in [2.45, 2.75) is 17.0 Å². The Morgan fingerprint density at radius 3 is 2.90 bits per heavy atom. The van der Waals surface area contributed by atoms with Crippen molar-refractivity contribution in [3.63, 3.8) is 0 Å². The number of benzene rings is 2. The summed E-state index contributed by atoms with van der Waals surface area (Å²) in [5.41, 5.74) is 2.42. The first kappa shape index (κ1) is 13.6. The second kappa shape index (κ2) is 5.21. The normalized spacial score (nSPS) is 11.0. The van der Waals surface area contributed by atoms with Crippen LogP contribution in [0, 0.1) is 12.7 Å². The molecule has 3 rings (SSSR count). The summed E-state index contributed by atoms with van der Waals surface area (Å²) in [6.45, 7) is 1.97. The molecule has 0 radical (unpaired) electrons. The van der Waals surface area contributed by atoms with Gasteiger partial charge in [0.15, 0.2) is 5.16 Å². The fraction of sp³-hybridized carbons (Fsp3) is 0.0667. The lowest BCUT2D eigenvalue weighted by Crippen LogP contribution is -2.02. The monoisotopic (exact) mass is 302 g/mol. The molecule has 0 aliphatic carbocycles. The molecule has 6 heteroatoms. The maximum Gasteiger partial charge on any atom is 0.339 e.